The maximum Gasteiger partial charge on any atom is 0.330 e. The molecule has 5 heteroatoms. The van der Waals surface area contributed by atoms with Crippen molar-refractivity contribution in [3.05, 3.63) is 33.1 Å². The molecule has 0 bridgehead atoms. The van der Waals surface area contributed by atoms with Crippen molar-refractivity contribution in [3.8, 4) is 6.07 Å². The van der Waals surface area contributed by atoms with Crippen molar-refractivity contribution in [2.75, 3.05) is 0 Å². The molecule has 0 saturated heterocycles. The fraction of sp³-hybridized carbons (Fsp3) is 0.375. The van der Waals surface area contributed by atoms with Crippen LogP contribution in [-0.4, -0.2) is 9.13 Å². The highest BCUT2D eigenvalue weighted by molar-refractivity contribution is 4.86. The Morgan fingerprint density at radius 1 is 1.54 bits per heavy atom. The molecule has 0 spiro atoms. The Bertz CT molecular complexity index is 450. The number of nitrogens with zero attached hydrogens (tertiary/aromatic N) is 3. The largest absolute Gasteiger partial charge is 0.330 e. The first-order valence-corrected chi connectivity index (χ1v) is 3.80. The number of rotatable bonds is 2. The SMILES string of the molecule is Cn1ccc(=O)n(CCC#N)c1=O. The van der Waals surface area contributed by atoms with Crippen LogP contribution < -0.4 is 11.2 Å². The summed E-state index contributed by atoms with van der Waals surface area (Å²) in [5.41, 5.74) is -0.749. The van der Waals surface area contributed by atoms with Crippen LogP contribution >= 0.6 is 0 Å². The summed E-state index contributed by atoms with van der Waals surface area (Å²) >= 11 is 0. The molecule has 1 heterocycles. The zero-order valence-electron chi connectivity index (χ0n) is 7.23. The van der Waals surface area contributed by atoms with Gasteiger partial charge < -0.3 is 4.57 Å². The van der Waals surface area contributed by atoms with E-state index >= 15 is 0 Å². The molecule has 5 nitrogen and oxygen atoms in total. The highest BCUT2D eigenvalue weighted by Crippen LogP contribution is 1.79. The van der Waals surface area contributed by atoms with Crippen LogP contribution in [0.2, 0.25) is 0 Å². The fourth-order valence-corrected chi connectivity index (χ4v) is 0.982. The average Bonchev–Trinajstić information content (AvgIpc) is 2.12. The predicted octanol–water partition coefficient (Wildman–Crippen LogP) is -0.539. The molecule has 68 valence electrons. The van der Waals surface area contributed by atoms with Gasteiger partial charge in [-0.2, -0.15) is 5.26 Å². The van der Waals surface area contributed by atoms with E-state index in [0.717, 1.165) is 4.57 Å². The molecule has 0 aliphatic heterocycles. The second-order valence-corrected chi connectivity index (χ2v) is 2.61. The molecule has 1 aromatic heterocycles. The van der Waals surface area contributed by atoms with Gasteiger partial charge in [-0.05, 0) is 0 Å². The number of hydrogen-bond donors (Lipinski definition) is 0. The summed E-state index contributed by atoms with van der Waals surface area (Å²) < 4.78 is 2.35. The lowest BCUT2D eigenvalue weighted by molar-refractivity contribution is 0.599. The molecule has 13 heavy (non-hydrogen) atoms. The lowest BCUT2D eigenvalue weighted by Crippen LogP contribution is -2.37. The van der Waals surface area contributed by atoms with Gasteiger partial charge in [-0.3, -0.25) is 9.36 Å². The van der Waals surface area contributed by atoms with Gasteiger partial charge in [0.1, 0.15) is 0 Å². The van der Waals surface area contributed by atoms with Gasteiger partial charge in [0.2, 0.25) is 0 Å². The summed E-state index contributed by atoms with van der Waals surface area (Å²) in [5, 5.41) is 8.30. The number of aryl methyl sites for hydroxylation is 1. The van der Waals surface area contributed by atoms with Crippen molar-refractivity contribution >= 4 is 0 Å². The van der Waals surface area contributed by atoms with Gasteiger partial charge in [-0.25, -0.2) is 4.79 Å². The molecule has 0 unspecified atom stereocenters. The monoisotopic (exact) mass is 179 g/mol. The van der Waals surface area contributed by atoms with E-state index in [0.29, 0.717) is 0 Å². The third-order valence-electron chi connectivity index (χ3n) is 1.69. The molecule has 0 amide bonds. The first-order valence-electron chi connectivity index (χ1n) is 3.80. The van der Waals surface area contributed by atoms with E-state index in [9.17, 15) is 9.59 Å². The van der Waals surface area contributed by atoms with Gasteiger partial charge >= 0.3 is 5.69 Å². The van der Waals surface area contributed by atoms with E-state index in [4.69, 9.17) is 5.26 Å². The first kappa shape index (κ1) is 9.26. The van der Waals surface area contributed by atoms with Gasteiger partial charge in [-0.15, -0.1) is 0 Å². The predicted molar refractivity (Wildman–Crippen MR) is 46.2 cm³/mol. The summed E-state index contributed by atoms with van der Waals surface area (Å²) in [6.07, 6.45) is 1.58. The Hall–Kier alpha value is -1.83. The average molecular weight is 179 g/mol. The Labute approximate surface area is 74.5 Å². The summed E-state index contributed by atoms with van der Waals surface area (Å²) in [6, 6.07) is 3.19. The number of nitriles is 1. The Morgan fingerprint density at radius 3 is 2.85 bits per heavy atom. The second-order valence-electron chi connectivity index (χ2n) is 2.61. The van der Waals surface area contributed by atoms with Crippen LogP contribution in [0.3, 0.4) is 0 Å². The molecular formula is C8H9N3O2. The van der Waals surface area contributed by atoms with Crippen molar-refractivity contribution in [2.24, 2.45) is 7.05 Å². The molecule has 0 saturated carbocycles. The van der Waals surface area contributed by atoms with E-state index < -0.39 is 0 Å². The van der Waals surface area contributed by atoms with Crippen LogP contribution in [-0.2, 0) is 13.6 Å². The summed E-state index contributed by atoms with van der Waals surface area (Å²) in [5.74, 6) is 0. The van der Waals surface area contributed by atoms with Crippen molar-refractivity contribution in [1.29, 1.82) is 5.26 Å². The molecule has 0 radical (unpaired) electrons. The first-order chi connectivity index (χ1) is 6.16. The van der Waals surface area contributed by atoms with Crippen LogP contribution in [0.5, 0.6) is 0 Å². The van der Waals surface area contributed by atoms with Crippen LogP contribution in [0.25, 0.3) is 0 Å². The van der Waals surface area contributed by atoms with Crippen LogP contribution in [0.1, 0.15) is 6.42 Å². The van der Waals surface area contributed by atoms with E-state index in [-0.39, 0.29) is 24.2 Å². The molecule has 0 atom stereocenters. The molecule has 0 aliphatic rings. The Morgan fingerprint density at radius 2 is 2.23 bits per heavy atom. The minimum Gasteiger partial charge on any atom is -0.303 e. The number of aromatic nitrogens is 2. The minimum atomic E-state index is -0.386. The van der Waals surface area contributed by atoms with E-state index in [2.05, 4.69) is 0 Å². The summed E-state index contributed by atoms with van der Waals surface area (Å²) in [6.45, 7) is 0.156. The van der Waals surface area contributed by atoms with Crippen LogP contribution in [0, 0.1) is 11.3 Å². The summed E-state index contributed by atoms with van der Waals surface area (Å²) in [4.78, 5) is 22.5. The highest BCUT2D eigenvalue weighted by atomic mass is 16.2. The molecule has 0 aromatic carbocycles. The van der Waals surface area contributed by atoms with Gasteiger partial charge in [-0.1, -0.05) is 0 Å². The van der Waals surface area contributed by atoms with Crippen LogP contribution in [0.4, 0.5) is 0 Å². The fourth-order valence-electron chi connectivity index (χ4n) is 0.982. The van der Waals surface area contributed by atoms with Crippen molar-refractivity contribution in [1.82, 2.24) is 9.13 Å². The Balaban J connectivity index is 3.20. The maximum absolute atomic E-state index is 11.3. The van der Waals surface area contributed by atoms with Crippen molar-refractivity contribution in [3.63, 3.8) is 0 Å². The van der Waals surface area contributed by atoms with Crippen molar-refractivity contribution < 1.29 is 0 Å². The van der Waals surface area contributed by atoms with E-state index in [1.54, 1.807) is 7.05 Å². The van der Waals surface area contributed by atoms with Gasteiger partial charge in [0.15, 0.2) is 0 Å². The number of hydrogen-bond acceptors (Lipinski definition) is 3. The highest BCUT2D eigenvalue weighted by Gasteiger charge is 2.00. The van der Waals surface area contributed by atoms with Gasteiger partial charge in [0.05, 0.1) is 12.5 Å². The van der Waals surface area contributed by atoms with Gasteiger partial charge in [0.25, 0.3) is 5.56 Å². The zero-order valence-corrected chi connectivity index (χ0v) is 7.23. The molecular weight excluding hydrogens is 170 g/mol. The third-order valence-corrected chi connectivity index (χ3v) is 1.69. The lowest BCUT2D eigenvalue weighted by atomic mass is 10.4. The quantitative estimate of drug-likeness (QED) is 0.612. The van der Waals surface area contributed by atoms with E-state index in [1.807, 2.05) is 6.07 Å². The smallest absolute Gasteiger partial charge is 0.303 e. The normalized spacial score (nSPS) is 9.54. The maximum atomic E-state index is 11.3. The topological polar surface area (TPSA) is 67.8 Å². The molecule has 0 N–H and O–H groups in total. The molecule has 0 fully saturated rings. The second kappa shape index (κ2) is 3.72. The molecule has 0 aliphatic carbocycles. The zero-order chi connectivity index (χ0) is 9.84. The summed E-state index contributed by atoms with van der Waals surface area (Å²) in [7, 11) is 1.56. The minimum absolute atomic E-state index is 0.156. The van der Waals surface area contributed by atoms with Crippen molar-refractivity contribution in [2.45, 2.75) is 13.0 Å². The molecule has 1 aromatic rings. The Kier molecular flexibility index (Phi) is 2.65. The lowest BCUT2D eigenvalue weighted by Gasteiger charge is -2.02. The molecule has 1 rings (SSSR count). The van der Waals surface area contributed by atoms with Crippen LogP contribution in [0.15, 0.2) is 21.9 Å². The third kappa shape index (κ3) is 1.85. The van der Waals surface area contributed by atoms with Gasteiger partial charge in [0, 0.05) is 25.9 Å². The standard InChI is InChI=1S/C8H9N3O2/c1-10-6-3-7(12)11(8(10)13)5-2-4-9/h3,6H,2,5H2,1H3. The van der Waals surface area contributed by atoms with E-state index in [1.165, 1.54) is 16.8 Å².